The lowest BCUT2D eigenvalue weighted by atomic mass is 10.0. The zero-order chi connectivity index (χ0) is 11.5. The summed E-state index contributed by atoms with van der Waals surface area (Å²) in [6.45, 7) is 0. The number of ether oxygens (including phenoxy) is 1. The smallest absolute Gasteiger partial charge is 0.143 e. The Kier molecular flexibility index (Phi) is 2.64. The molecule has 0 amide bonds. The van der Waals surface area contributed by atoms with Crippen LogP contribution in [-0.2, 0) is 0 Å². The van der Waals surface area contributed by atoms with Gasteiger partial charge in [0.25, 0.3) is 0 Å². The lowest BCUT2D eigenvalue weighted by Gasteiger charge is -2.10. The van der Waals surface area contributed by atoms with Crippen LogP contribution in [0.15, 0.2) is 36.7 Å². The van der Waals surface area contributed by atoms with Gasteiger partial charge in [0.2, 0.25) is 0 Å². The van der Waals surface area contributed by atoms with Gasteiger partial charge in [-0.05, 0) is 23.8 Å². The maximum Gasteiger partial charge on any atom is 0.143 e. The molecule has 4 nitrogen and oxygen atoms in total. The molecule has 0 atom stereocenters. The minimum absolute atomic E-state index is 0.573. The summed E-state index contributed by atoms with van der Waals surface area (Å²) in [6, 6.07) is 7.31. The predicted octanol–water partition coefficient (Wildman–Crippen LogP) is 1.92. The number of hydrogen-bond donors (Lipinski definition) is 2. The molecule has 1 aromatic carbocycles. The van der Waals surface area contributed by atoms with Crippen LogP contribution in [0.5, 0.6) is 5.75 Å². The van der Waals surface area contributed by atoms with E-state index >= 15 is 0 Å². The van der Waals surface area contributed by atoms with Gasteiger partial charge in [-0.3, -0.25) is 4.98 Å². The van der Waals surface area contributed by atoms with Crippen LogP contribution >= 0.6 is 0 Å². The molecular weight excluding hydrogens is 202 g/mol. The number of nitrogens with two attached hydrogens (primary N) is 2. The molecule has 0 spiro atoms. The van der Waals surface area contributed by atoms with Crippen LogP contribution in [0, 0.1) is 0 Å². The second-order valence-electron chi connectivity index (χ2n) is 3.42. The summed E-state index contributed by atoms with van der Waals surface area (Å²) in [5, 5.41) is 0. The first-order valence-electron chi connectivity index (χ1n) is 4.85. The van der Waals surface area contributed by atoms with E-state index in [9.17, 15) is 0 Å². The zero-order valence-corrected chi connectivity index (χ0v) is 8.97. The molecule has 0 unspecified atom stereocenters. The molecule has 4 N–H and O–H groups in total. The number of nitrogen functional groups attached to an aromatic ring is 2. The van der Waals surface area contributed by atoms with Gasteiger partial charge in [-0.2, -0.15) is 0 Å². The van der Waals surface area contributed by atoms with E-state index in [2.05, 4.69) is 4.98 Å². The van der Waals surface area contributed by atoms with Crippen LogP contribution < -0.4 is 16.2 Å². The number of nitrogens with zero attached hydrogens (tertiary/aromatic N) is 1. The largest absolute Gasteiger partial charge is 0.495 e. The van der Waals surface area contributed by atoms with Crippen LogP contribution in [0.2, 0.25) is 0 Å². The van der Waals surface area contributed by atoms with Crippen LogP contribution in [0.1, 0.15) is 0 Å². The average Bonchev–Trinajstić information content (AvgIpc) is 2.32. The number of anilines is 2. The standard InChI is InChI=1S/C12H13N3O/c1-16-12-7-10(13)9(6-11(12)14)8-2-4-15-5-3-8/h2-7H,13-14H2,1H3. The van der Waals surface area contributed by atoms with Gasteiger partial charge < -0.3 is 16.2 Å². The molecule has 16 heavy (non-hydrogen) atoms. The molecule has 0 aliphatic rings. The highest BCUT2D eigenvalue weighted by Crippen LogP contribution is 2.33. The van der Waals surface area contributed by atoms with Gasteiger partial charge in [0.05, 0.1) is 12.8 Å². The van der Waals surface area contributed by atoms with E-state index in [0.717, 1.165) is 11.1 Å². The number of methoxy groups -OCH3 is 1. The third-order valence-corrected chi connectivity index (χ3v) is 2.39. The fourth-order valence-electron chi connectivity index (χ4n) is 1.57. The monoisotopic (exact) mass is 215 g/mol. The quantitative estimate of drug-likeness (QED) is 0.750. The topological polar surface area (TPSA) is 74.2 Å². The molecule has 0 radical (unpaired) electrons. The van der Waals surface area contributed by atoms with E-state index in [1.165, 1.54) is 0 Å². The fraction of sp³-hybridized carbons (Fsp3) is 0.0833. The first-order chi connectivity index (χ1) is 7.72. The molecule has 82 valence electrons. The van der Waals surface area contributed by atoms with Gasteiger partial charge in [0, 0.05) is 29.7 Å². The normalized spacial score (nSPS) is 10.1. The van der Waals surface area contributed by atoms with Crippen LogP contribution in [-0.4, -0.2) is 12.1 Å². The second-order valence-corrected chi connectivity index (χ2v) is 3.42. The molecule has 0 fully saturated rings. The van der Waals surface area contributed by atoms with Gasteiger partial charge in [-0.1, -0.05) is 0 Å². The van der Waals surface area contributed by atoms with E-state index in [0.29, 0.717) is 17.1 Å². The van der Waals surface area contributed by atoms with E-state index < -0.39 is 0 Å². The van der Waals surface area contributed by atoms with Crippen molar-refractivity contribution >= 4 is 11.4 Å². The Morgan fingerprint density at radius 2 is 1.75 bits per heavy atom. The molecule has 2 aromatic rings. The molecule has 4 heteroatoms. The Morgan fingerprint density at radius 1 is 1.06 bits per heavy atom. The van der Waals surface area contributed by atoms with Gasteiger partial charge in [0.15, 0.2) is 0 Å². The summed E-state index contributed by atoms with van der Waals surface area (Å²) >= 11 is 0. The van der Waals surface area contributed by atoms with Gasteiger partial charge in [0.1, 0.15) is 5.75 Å². The van der Waals surface area contributed by atoms with E-state index in [1.807, 2.05) is 18.2 Å². The Hall–Kier alpha value is -2.23. The third-order valence-electron chi connectivity index (χ3n) is 2.39. The Bertz CT molecular complexity index is 497. The molecule has 0 saturated heterocycles. The van der Waals surface area contributed by atoms with Crippen molar-refractivity contribution in [1.29, 1.82) is 0 Å². The number of rotatable bonds is 2. The van der Waals surface area contributed by atoms with Gasteiger partial charge in [-0.15, -0.1) is 0 Å². The molecule has 2 rings (SSSR count). The Morgan fingerprint density at radius 3 is 2.38 bits per heavy atom. The minimum Gasteiger partial charge on any atom is -0.495 e. The second kappa shape index (κ2) is 4.10. The summed E-state index contributed by atoms with van der Waals surface area (Å²) in [5.41, 5.74) is 14.9. The van der Waals surface area contributed by atoms with Crippen molar-refractivity contribution in [3.05, 3.63) is 36.7 Å². The number of pyridine rings is 1. The summed E-state index contributed by atoms with van der Waals surface area (Å²) in [4.78, 5) is 3.96. The molecule has 0 bridgehead atoms. The highest BCUT2D eigenvalue weighted by molar-refractivity contribution is 5.81. The van der Waals surface area contributed by atoms with Crippen molar-refractivity contribution in [3.8, 4) is 16.9 Å². The highest BCUT2D eigenvalue weighted by Gasteiger charge is 2.07. The Balaban J connectivity index is 2.55. The van der Waals surface area contributed by atoms with Crippen LogP contribution in [0.25, 0.3) is 11.1 Å². The first kappa shape index (κ1) is 10.3. The number of benzene rings is 1. The lowest BCUT2D eigenvalue weighted by Crippen LogP contribution is -1.97. The maximum atomic E-state index is 5.94. The van der Waals surface area contributed by atoms with Crippen molar-refractivity contribution in [1.82, 2.24) is 4.98 Å². The minimum atomic E-state index is 0.573. The summed E-state index contributed by atoms with van der Waals surface area (Å²) in [5.74, 6) is 0.593. The van der Waals surface area contributed by atoms with E-state index in [1.54, 1.807) is 25.6 Å². The third kappa shape index (κ3) is 1.77. The number of hydrogen-bond acceptors (Lipinski definition) is 4. The van der Waals surface area contributed by atoms with Crippen LogP contribution in [0.4, 0.5) is 11.4 Å². The van der Waals surface area contributed by atoms with Crippen molar-refractivity contribution in [2.24, 2.45) is 0 Å². The summed E-state index contributed by atoms with van der Waals surface area (Å²) < 4.78 is 5.10. The summed E-state index contributed by atoms with van der Waals surface area (Å²) in [7, 11) is 1.57. The highest BCUT2D eigenvalue weighted by atomic mass is 16.5. The molecule has 0 saturated carbocycles. The molecule has 1 heterocycles. The van der Waals surface area contributed by atoms with E-state index in [-0.39, 0.29) is 0 Å². The average molecular weight is 215 g/mol. The van der Waals surface area contributed by atoms with Crippen molar-refractivity contribution in [3.63, 3.8) is 0 Å². The van der Waals surface area contributed by atoms with E-state index in [4.69, 9.17) is 16.2 Å². The van der Waals surface area contributed by atoms with Crippen molar-refractivity contribution in [2.75, 3.05) is 18.6 Å². The van der Waals surface area contributed by atoms with Crippen molar-refractivity contribution < 1.29 is 4.74 Å². The van der Waals surface area contributed by atoms with Gasteiger partial charge >= 0.3 is 0 Å². The zero-order valence-electron chi connectivity index (χ0n) is 8.97. The molecule has 0 aliphatic carbocycles. The SMILES string of the molecule is COc1cc(N)c(-c2ccncc2)cc1N. The fourth-order valence-corrected chi connectivity index (χ4v) is 1.57. The lowest BCUT2D eigenvalue weighted by molar-refractivity contribution is 0.417. The molecular formula is C12H13N3O. The molecule has 0 aliphatic heterocycles. The van der Waals surface area contributed by atoms with Gasteiger partial charge in [-0.25, -0.2) is 0 Å². The number of aromatic nitrogens is 1. The summed E-state index contributed by atoms with van der Waals surface area (Å²) in [6.07, 6.45) is 3.43. The molecule has 1 aromatic heterocycles. The Labute approximate surface area is 93.9 Å². The van der Waals surface area contributed by atoms with Crippen LogP contribution in [0.3, 0.4) is 0 Å². The predicted molar refractivity (Wildman–Crippen MR) is 65.0 cm³/mol. The first-order valence-corrected chi connectivity index (χ1v) is 4.85. The van der Waals surface area contributed by atoms with Crippen molar-refractivity contribution in [2.45, 2.75) is 0 Å². The maximum absolute atomic E-state index is 5.94.